The Morgan fingerprint density at radius 2 is 1.12 bits per heavy atom. The van der Waals surface area contributed by atoms with Crippen LogP contribution < -0.4 is 0 Å². The van der Waals surface area contributed by atoms with Gasteiger partial charge in [0.15, 0.2) is 0 Å². The molecule has 0 aromatic rings. The second kappa shape index (κ2) is 8.53. The van der Waals surface area contributed by atoms with Gasteiger partial charge in [-0.1, -0.05) is 36.6 Å². The Bertz CT molecular complexity index is 30.0. The topological polar surface area (TPSA) is 0 Å². The first-order chi connectivity index (χ1) is 3.35. The summed E-state index contributed by atoms with van der Waals surface area (Å²) in [5.74, 6) is 0. The molecule has 0 amide bonds. The van der Waals surface area contributed by atoms with Gasteiger partial charge in [-0.05, 0) is 0 Å². The summed E-state index contributed by atoms with van der Waals surface area (Å²) in [5, 5.41) is 4.48. The van der Waals surface area contributed by atoms with E-state index in [1.807, 2.05) is 0 Å². The van der Waals surface area contributed by atoms with E-state index in [0.29, 0.717) is 0 Å². The van der Waals surface area contributed by atoms with Crippen LogP contribution in [0.15, 0.2) is 0 Å². The standard InChI is InChI=1S/3C2H5.Al.Na.H/c3*1-2;;;/h3*1H2,2H3;;;. The van der Waals surface area contributed by atoms with Crippen molar-refractivity contribution >= 4 is 43.7 Å². The van der Waals surface area contributed by atoms with Gasteiger partial charge in [0, 0.05) is 0 Å². The van der Waals surface area contributed by atoms with E-state index in [1.165, 1.54) is 15.8 Å². The van der Waals surface area contributed by atoms with E-state index >= 15 is 0 Å². The Morgan fingerprint density at radius 3 is 1.12 bits per heavy atom. The number of hydrogen-bond acceptors (Lipinski definition) is 0. The molecule has 0 atom stereocenters. The van der Waals surface area contributed by atoms with Crippen LogP contribution in [0.25, 0.3) is 0 Å². The fourth-order valence-electron chi connectivity index (χ4n) is 0.866. The monoisotopic (exact) mass is 138 g/mol. The molecule has 0 saturated carbocycles. The van der Waals surface area contributed by atoms with Gasteiger partial charge in [0.1, 0.15) is 0 Å². The average molecular weight is 138 g/mol. The Balaban J connectivity index is 0. The second-order valence-corrected chi connectivity index (χ2v) is 6.27. The summed E-state index contributed by atoms with van der Waals surface area (Å²) in [6, 6.07) is 0. The first-order valence-corrected chi connectivity index (χ1v) is 5.80. The molecule has 0 aliphatic heterocycles. The molecule has 0 saturated heterocycles. The van der Waals surface area contributed by atoms with Crippen LogP contribution in [0.2, 0.25) is 15.8 Å². The van der Waals surface area contributed by atoms with Crippen LogP contribution in [0.4, 0.5) is 0 Å². The maximum absolute atomic E-state index is 2.32. The van der Waals surface area contributed by atoms with Gasteiger partial charge in [0.2, 0.25) is 0 Å². The van der Waals surface area contributed by atoms with Gasteiger partial charge < -0.3 is 0 Å². The van der Waals surface area contributed by atoms with E-state index in [-0.39, 0.29) is 43.7 Å². The normalized spacial score (nSPS) is 7.88. The molecule has 0 heterocycles. The summed E-state index contributed by atoms with van der Waals surface area (Å²) >= 11 is -0.171. The van der Waals surface area contributed by atoms with Gasteiger partial charge in [-0.3, -0.25) is 0 Å². The summed E-state index contributed by atoms with van der Waals surface area (Å²) in [7, 11) is 0. The predicted molar refractivity (Wildman–Crippen MR) is 44.3 cm³/mol. The minimum atomic E-state index is -0.171. The molecule has 0 aliphatic rings. The Morgan fingerprint density at radius 1 is 0.875 bits per heavy atom. The van der Waals surface area contributed by atoms with E-state index in [0.717, 1.165) is 0 Å². The zero-order chi connectivity index (χ0) is 5.70. The Labute approximate surface area is 79.7 Å². The van der Waals surface area contributed by atoms with Gasteiger partial charge in [0.25, 0.3) is 14.1 Å². The van der Waals surface area contributed by atoms with Crippen LogP contribution in [-0.4, -0.2) is 43.7 Å². The summed E-state index contributed by atoms with van der Waals surface area (Å²) in [6.45, 7) is 6.97. The molecule has 0 N–H and O–H groups in total. The molecule has 0 aromatic carbocycles. The maximum atomic E-state index is 2.32. The third-order valence-electron chi connectivity index (χ3n) is 1.73. The van der Waals surface area contributed by atoms with Crippen molar-refractivity contribution < 1.29 is 0 Å². The molecule has 44 valence electrons. The van der Waals surface area contributed by atoms with E-state index in [1.54, 1.807) is 0 Å². The minimum absolute atomic E-state index is 0. The molecule has 0 fully saturated rings. The van der Waals surface area contributed by atoms with E-state index in [4.69, 9.17) is 0 Å². The molecule has 0 bridgehead atoms. The Hall–Kier alpha value is 1.53. The molecule has 0 unspecified atom stereocenters. The van der Waals surface area contributed by atoms with Crippen LogP contribution in [0.3, 0.4) is 0 Å². The summed E-state index contributed by atoms with van der Waals surface area (Å²) in [6.07, 6.45) is 0. The molecule has 0 aromatic heterocycles. The number of hydrogen-bond donors (Lipinski definition) is 0. The van der Waals surface area contributed by atoms with E-state index < -0.39 is 0 Å². The first kappa shape index (κ1) is 12.2. The predicted octanol–water partition coefficient (Wildman–Crippen LogP) is 1.89. The Kier molecular flexibility index (Phi) is 13.0. The van der Waals surface area contributed by atoms with Crippen molar-refractivity contribution in [3.8, 4) is 0 Å². The number of rotatable bonds is 3. The van der Waals surface area contributed by atoms with Crippen LogP contribution in [-0.2, 0) is 0 Å². The average Bonchev–Trinajstić information content (AvgIpc) is 1.72. The fourth-order valence-corrected chi connectivity index (χ4v) is 2.60. The third-order valence-corrected chi connectivity index (χ3v) is 5.20. The van der Waals surface area contributed by atoms with Crippen molar-refractivity contribution in [2.45, 2.75) is 36.6 Å². The molecule has 8 heavy (non-hydrogen) atoms. The second-order valence-electron chi connectivity index (χ2n) is 2.09. The van der Waals surface area contributed by atoms with Gasteiger partial charge in [-0.15, -0.1) is 0 Å². The third kappa shape index (κ3) is 5.67. The van der Waals surface area contributed by atoms with Crippen LogP contribution in [0, 0.1) is 0 Å². The summed E-state index contributed by atoms with van der Waals surface area (Å²) in [4.78, 5) is 0. The van der Waals surface area contributed by atoms with Crippen LogP contribution >= 0.6 is 0 Å². The van der Waals surface area contributed by atoms with Gasteiger partial charge in [0.05, 0.1) is 0 Å². The summed E-state index contributed by atoms with van der Waals surface area (Å²) in [5.41, 5.74) is 0. The molecular formula is C6H16AlNa. The van der Waals surface area contributed by atoms with Crippen molar-refractivity contribution in [2.24, 2.45) is 0 Å². The molecule has 0 nitrogen and oxygen atoms in total. The molecule has 0 radical (unpaired) electrons. The van der Waals surface area contributed by atoms with E-state index in [2.05, 4.69) is 20.8 Å². The van der Waals surface area contributed by atoms with Gasteiger partial charge >= 0.3 is 29.6 Å². The van der Waals surface area contributed by atoms with Crippen LogP contribution in [0.5, 0.6) is 0 Å². The molecule has 0 spiro atoms. The molecule has 0 rings (SSSR count). The van der Waals surface area contributed by atoms with Crippen molar-refractivity contribution in [1.82, 2.24) is 0 Å². The van der Waals surface area contributed by atoms with Gasteiger partial charge in [-0.2, -0.15) is 0 Å². The quantitative estimate of drug-likeness (QED) is 0.522. The fraction of sp³-hybridized carbons (Fsp3) is 1.00. The van der Waals surface area contributed by atoms with E-state index in [9.17, 15) is 0 Å². The van der Waals surface area contributed by atoms with Gasteiger partial charge in [-0.25, -0.2) is 0 Å². The molecule has 0 aliphatic carbocycles. The zero-order valence-corrected chi connectivity index (χ0v) is 6.85. The van der Waals surface area contributed by atoms with Crippen LogP contribution in [0.1, 0.15) is 20.8 Å². The molecular weight excluding hydrogens is 122 g/mol. The van der Waals surface area contributed by atoms with Crippen molar-refractivity contribution in [3.63, 3.8) is 0 Å². The SMILES string of the molecule is C[CH2][Al]([CH2]C)[CH2]C.[NaH]. The van der Waals surface area contributed by atoms with Crippen molar-refractivity contribution in [1.29, 1.82) is 0 Å². The summed E-state index contributed by atoms with van der Waals surface area (Å²) < 4.78 is 0. The zero-order valence-electron chi connectivity index (χ0n) is 5.70. The van der Waals surface area contributed by atoms with Crippen molar-refractivity contribution in [3.05, 3.63) is 0 Å². The molecule has 2 heteroatoms. The van der Waals surface area contributed by atoms with Crippen molar-refractivity contribution in [2.75, 3.05) is 0 Å². The first-order valence-electron chi connectivity index (χ1n) is 3.35.